The molecule has 2 rings (SSSR count). The van der Waals surface area contributed by atoms with Crippen LogP contribution < -0.4 is 0 Å². The lowest BCUT2D eigenvalue weighted by Crippen LogP contribution is -2.34. The maximum absolute atomic E-state index is 12.2. The number of hydrogen-bond donors (Lipinski definition) is 2. The normalized spacial score (nSPS) is 19.0. The van der Waals surface area contributed by atoms with Crippen molar-refractivity contribution in [1.29, 1.82) is 0 Å². The van der Waals surface area contributed by atoms with Gasteiger partial charge in [-0.1, -0.05) is 31.2 Å². The van der Waals surface area contributed by atoms with Gasteiger partial charge in [0.15, 0.2) is 0 Å². The van der Waals surface area contributed by atoms with Gasteiger partial charge in [0.2, 0.25) is 5.91 Å². The monoisotopic (exact) mass is 369 g/mol. The topological polar surface area (TPSA) is 77.8 Å². The molecule has 0 radical (unpaired) electrons. The van der Waals surface area contributed by atoms with Crippen LogP contribution in [0.5, 0.6) is 0 Å². The maximum atomic E-state index is 12.2. The molecule has 0 spiro atoms. The van der Waals surface area contributed by atoms with Gasteiger partial charge in [-0.25, -0.2) is 4.79 Å². The minimum atomic E-state index is -0.945. The Morgan fingerprint density at radius 2 is 2.07 bits per heavy atom. The molecule has 2 N–H and O–H groups in total. The number of carboxylic acids is 1. The highest BCUT2D eigenvalue weighted by molar-refractivity contribution is 5.87. The summed E-state index contributed by atoms with van der Waals surface area (Å²) < 4.78 is 0. The lowest BCUT2D eigenvalue weighted by atomic mass is 10.00. The second kappa shape index (κ2) is 9.94. The number of hydrogen-bond acceptors (Lipinski definition) is 3. The molecule has 1 aromatic rings. The van der Waals surface area contributed by atoms with Gasteiger partial charge in [0.1, 0.15) is 0 Å². The molecule has 0 aliphatic carbocycles. The molecule has 1 amide bonds. The Morgan fingerprint density at radius 3 is 2.70 bits per heavy atom. The molecule has 1 aliphatic heterocycles. The van der Waals surface area contributed by atoms with E-state index in [2.05, 4.69) is 11.8 Å². The molecule has 1 aliphatic rings. The van der Waals surface area contributed by atoms with Gasteiger partial charge in [-0.2, -0.15) is 0 Å². The molecule has 1 aromatic carbocycles. The Hall–Kier alpha value is -2.58. The molecule has 3 atom stereocenters. The predicted octanol–water partition coefficient (Wildman–Crippen LogP) is 2.88. The van der Waals surface area contributed by atoms with Crippen LogP contribution >= 0.6 is 0 Å². The first-order valence-electron chi connectivity index (χ1n) is 9.30. The zero-order valence-electron chi connectivity index (χ0n) is 15.9. The first-order valence-corrected chi connectivity index (χ1v) is 9.30. The molecular formula is C22H27NO4. The van der Waals surface area contributed by atoms with E-state index in [9.17, 15) is 14.7 Å². The van der Waals surface area contributed by atoms with Crippen molar-refractivity contribution in [2.24, 2.45) is 5.92 Å². The van der Waals surface area contributed by atoms with E-state index in [0.29, 0.717) is 25.8 Å². The SMILES string of the molecule is CC#CC[C@H](C)[C@H](O)C=CC1CCC(=O)N1CCc1ccc(C(=O)O)cc1. The second-order valence-electron chi connectivity index (χ2n) is 6.93. The number of benzene rings is 1. The van der Waals surface area contributed by atoms with E-state index in [0.717, 1.165) is 12.0 Å². The van der Waals surface area contributed by atoms with Crippen LogP contribution in [-0.4, -0.2) is 45.7 Å². The highest BCUT2D eigenvalue weighted by atomic mass is 16.4. The van der Waals surface area contributed by atoms with E-state index in [1.807, 2.05) is 17.9 Å². The fourth-order valence-electron chi connectivity index (χ4n) is 3.13. The summed E-state index contributed by atoms with van der Waals surface area (Å²) in [5.74, 6) is 5.03. The number of aromatic carboxylic acids is 1. The van der Waals surface area contributed by atoms with E-state index in [1.165, 1.54) is 0 Å². The van der Waals surface area contributed by atoms with Crippen molar-refractivity contribution in [2.45, 2.75) is 51.7 Å². The molecular weight excluding hydrogens is 342 g/mol. The quantitative estimate of drug-likeness (QED) is 0.546. The van der Waals surface area contributed by atoms with Crippen LogP contribution in [0, 0.1) is 17.8 Å². The molecule has 1 unspecified atom stereocenters. The van der Waals surface area contributed by atoms with Crippen molar-refractivity contribution in [3.63, 3.8) is 0 Å². The van der Waals surface area contributed by atoms with Gasteiger partial charge in [-0.3, -0.25) is 4.79 Å². The number of likely N-dealkylation sites (tertiary alicyclic amines) is 1. The Bertz CT molecular complexity index is 742. The third-order valence-electron chi connectivity index (χ3n) is 4.93. The van der Waals surface area contributed by atoms with Crippen LogP contribution in [0.4, 0.5) is 0 Å². The maximum Gasteiger partial charge on any atom is 0.335 e. The van der Waals surface area contributed by atoms with Gasteiger partial charge in [0.05, 0.1) is 17.7 Å². The minimum Gasteiger partial charge on any atom is -0.478 e. The first-order chi connectivity index (χ1) is 12.9. The molecule has 0 bridgehead atoms. The summed E-state index contributed by atoms with van der Waals surface area (Å²) in [7, 11) is 0. The number of nitrogens with zero attached hydrogens (tertiary/aromatic N) is 1. The number of aliphatic hydroxyl groups is 1. The summed E-state index contributed by atoms with van der Waals surface area (Å²) in [6.45, 7) is 4.32. The van der Waals surface area contributed by atoms with Crippen molar-refractivity contribution in [3.8, 4) is 11.8 Å². The van der Waals surface area contributed by atoms with E-state index in [-0.39, 0.29) is 23.4 Å². The van der Waals surface area contributed by atoms with Crippen molar-refractivity contribution in [2.75, 3.05) is 6.54 Å². The van der Waals surface area contributed by atoms with Crippen LogP contribution in [0.3, 0.4) is 0 Å². The van der Waals surface area contributed by atoms with E-state index in [4.69, 9.17) is 5.11 Å². The van der Waals surface area contributed by atoms with Crippen LogP contribution in [0.25, 0.3) is 0 Å². The Balaban J connectivity index is 1.93. The third kappa shape index (κ3) is 5.97. The first kappa shape index (κ1) is 20.7. The fraction of sp³-hybridized carbons (Fsp3) is 0.455. The molecule has 5 nitrogen and oxygen atoms in total. The summed E-state index contributed by atoms with van der Waals surface area (Å²) in [4.78, 5) is 25.0. The van der Waals surface area contributed by atoms with Gasteiger partial charge >= 0.3 is 5.97 Å². The van der Waals surface area contributed by atoms with Crippen LogP contribution in [0.1, 0.15) is 49.0 Å². The largest absolute Gasteiger partial charge is 0.478 e. The number of carbonyl (C=O) groups is 2. The van der Waals surface area contributed by atoms with Crippen LogP contribution in [0.2, 0.25) is 0 Å². The van der Waals surface area contributed by atoms with Crippen molar-refractivity contribution < 1.29 is 19.8 Å². The lowest BCUT2D eigenvalue weighted by Gasteiger charge is -2.23. The van der Waals surface area contributed by atoms with Crippen molar-refractivity contribution >= 4 is 11.9 Å². The summed E-state index contributed by atoms with van der Waals surface area (Å²) in [5, 5.41) is 19.2. The molecule has 0 aromatic heterocycles. The number of carbonyl (C=O) groups excluding carboxylic acids is 1. The highest BCUT2D eigenvalue weighted by Crippen LogP contribution is 2.21. The molecule has 144 valence electrons. The van der Waals surface area contributed by atoms with E-state index >= 15 is 0 Å². The number of amides is 1. The highest BCUT2D eigenvalue weighted by Gasteiger charge is 2.28. The zero-order chi connectivity index (χ0) is 19.8. The van der Waals surface area contributed by atoms with Crippen molar-refractivity contribution in [1.82, 2.24) is 4.90 Å². The molecule has 27 heavy (non-hydrogen) atoms. The number of carboxylic acid groups (broad SMARTS) is 1. The average molecular weight is 369 g/mol. The van der Waals surface area contributed by atoms with Crippen LogP contribution in [-0.2, 0) is 11.2 Å². The summed E-state index contributed by atoms with van der Waals surface area (Å²) in [5.41, 5.74) is 1.25. The molecule has 0 saturated carbocycles. The van der Waals surface area contributed by atoms with Gasteiger partial charge in [0.25, 0.3) is 0 Å². The van der Waals surface area contributed by atoms with Gasteiger partial charge in [0, 0.05) is 19.4 Å². The molecule has 1 saturated heterocycles. The van der Waals surface area contributed by atoms with Gasteiger partial charge < -0.3 is 15.1 Å². The molecule has 1 heterocycles. The fourth-order valence-corrected chi connectivity index (χ4v) is 3.13. The van der Waals surface area contributed by atoms with E-state index < -0.39 is 12.1 Å². The third-order valence-corrected chi connectivity index (χ3v) is 4.93. The summed E-state index contributed by atoms with van der Waals surface area (Å²) in [6, 6.07) is 6.73. The van der Waals surface area contributed by atoms with Gasteiger partial charge in [-0.05, 0) is 43.4 Å². The molecule has 5 heteroatoms. The minimum absolute atomic E-state index is 0.00472. The summed E-state index contributed by atoms with van der Waals surface area (Å²) >= 11 is 0. The zero-order valence-corrected chi connectivity index (χ0v) is 15.9. The van der Waals surface area contributed by atoms with Crippen molar-refractivity contribution in [3.05, 3.63) is 47.5 Å². The predicted molar refractivity (Wildman–Crippen MR) is 104 cm³/mol. The smallest absolute Gasteiger partial charge is 0.335 e. The lowest BCUT2D eigenvalue weighted by molar-refractivity contribution is -0.128. The molecule has 1 fully saturated rings. The van der Waals surface area contributed by atoms with Gasteiger partial charge in [-0.15, -0.1) is 11.8 Å². The average Bonchev–Trinajstić information content (AvgIpc) is 3.02. The van der Waals surface area contributed by atoms with Crippen LogP contribution in [0.15, 0.2) is 36.4 Å². The summed E-state index contributed by atoms with van der Waals surface area (Å²) in [6.07, 6.45) is 5.71. The number of rotatable bonds is 8. The van der Waals surface area contributed by atoms with E-state index in [1.54, 1.807) is 37.3 Å². The standard InChI is InChI=1S/C22H27NO4/c1-3-4-5-16(2)20(24)12-10-19-11-13-21(25)23(19)15-14-17-6-8-18(9-7-17)22(26)27/h6-10,12,16,19-20,24H,5,11,13-15H2,1-2H3,(H,26,27)/t16-,19?,20+/m0/s1. The Labute approximate surface area is 160 Å². The Kier molecular flexibility index (Phi) is 7.63. The Morgan fingerprint density at radius 1 is 1.37 bits per heavy atom. The number of aliphatic hydroxyl groups excluding tert-OH is 1. The second-order valence-corrected chi connectivity index (χ2v) is 6.93.